The highest BCUT2D eigenvalue weighted by molar-refractivity contribution is 7.07. The predicted octanol–water partition coefficient (Wildman–Crippen LogP) is 4.69. The first-order chi connectivity index (χ1) is 19.4. The van der Waals surface area contributed by atoms with Gasteiger partial charge in [0.25, 0.3) is 5.56 Å². The van der Waals surface area contributed by atoms with Crippen LogP contribution in [0.2, 0.25) is 0 Å². The van der Waals surface area contributed by atoms with Gasteiger partial charge in [0.1, 0.15) is 18.1 Å². The molecule has 1 aromatic heterocycles. The quantitative estimate of drug-likeness (QED) is 0.295. The topological polar surface area (TPSA) is 79.1 Å². The summed E-state index contributed by atoms with van der Waals surface area (Å²) in [5.74, 6) is 1.03. The number of methoxy groups -OCH3 is 1. The van der Waals surface area contributed by atoms with Crippen LogP contribution in [0, 0.1) is 6.92 Å². The van der Waals surface area contributed by atoms with Crippen LogP contribution in [-0.4, -0.2) is 24.3 Å². The average Bonchev–Trinajstić information content (AvgIpc) is 3.26. The van der Waals surface area contributed by atoms with Crippen molar-refractivity contribution in [3.05, 3.63) is 126 Å². The van der Waals surface area contributed by atoms with Gasteiger partial charge >= 0.3 is 5.97 Å². The maximum absolute atomic E-state index is 13.8. The molecule has 0 fully saturated rings. The summed E-state index contributed by atoms with van der Waals surface area (Å²) < 4.78 is 19.1. The number of allylic oxidation sites excluding steroid dienone is 1. The van der Waals surface area contributed by atoms with E-state index in [4.69, 9.17) is 14.2 Å². The number of aryl methyl sites for hydroxylation is 1. The molecular weight excluding hydrogens is 524 g/mol. The lowest BCUT2D eigenvalue weighted by molar-refractivity contribution is -0.139. The number of fused-ring (bicyclic) bond motifs is 1. The van der Waals surface area contributed by atoms with Gasteiger partial charge in [0.2, 0.25) is 0 Å². The number of para-hydroxylation sites is 1. The molecule has 0 aliphatic carbocycles. The third kappa shape index (κ3) is 5.35. The van der Waals surface area contributed by atoms with Gasteiger partial charge in [-0.3, -0.25) is 9.36 Å². The van der Waals surface area contributed by atoms with E-state index in [1.54, 1.807) is 25.5 Å². The molecule has 0 spiro atoms. The molecule has 2 heterocycles. The molecule has 0 saturated heterocycles. The van der Waals surface area contributed by atoms with E-state index in [0.29, 0.717) is 33.0 Å². The van der Waals surface area contributed by atoms with Crippen molar-refractivity contribution in [3.8, 4) is 11.5 Å². The molecule has 0 unspecified atom stereocenters. The number of carbonyl (C=O) groups excluding carboxylic acids is 1. The smallest absolute Gasteiger partial charge is 0.338 e. The Kier molecular flexibility index (Phi) is 7.98. The molecule has 4 aromatic rings. The van der Waals surface area contributed by atoms with Crippen molar-refractivity contribution in [2.45, 2.75) is 33.4 Å². The number of esters is 1. The van der Waals surface area contributed by atoms with E-state index >= 15 is 0 Å². The maximum Gasteiger partial charge on any atom is 0.338 e. The number of rotatable bonds is 8. The fourth-order valence-electron chi connectivity index (χ4n) is 4.77. The number of carbonyl (C=O) groups is 1. The van der Waals surface area contributed by atoms with E-state index in [1.165, 1.54) is 11.3 Å². The number of benzene rings is 3. The van der Waals surface area contributed by atoms with Gasteiger partial charge in [-0.1, -0.05) is 65.9 Å². The van der Waals surface area contributed by atoms with Crippen LogP contribution in [0.4, 0.5) is 0 Å². The monoisotopic (exact) mass is 554 g/mol. The molecule has 204 valence electrons. The lowest BCUT2D eigenvalue weighted by atomic mass is 9.96. The highest BCUT2D eigenvalue weighted by Crippen LogP contribution is 2.30. The third-order valence-corrected chi connectivity index (χ3v) is 7.69. The van der Waals surface area contributed by atoms with E-state index in [-0.39, 0.29) is 12.2 Å². The van der Waals surface area contributed by atoms with Crippen molar-refractivity contribution in [1.29, 1.82) is 0 Å². The Hall–Kier alpha value is -4.43. The number of nitrogens with zero attached hydrogens (tertiary/aromatic N) is 2. The van der Waals surface area contributed by atoms with Gasteiger partial charge in [0.05, 0.1) is 35.6 Å². The number of hydrogen-bond donors (Lipinski definition) is 0. The molecule has 0 amide bonds. The first kappa shape index (κ1) is 27.1. The zero-order chi connectivity index (χ0) is 28.2. The standard InChI is InChI=1S/C32H30N2O5S/c1-5-38-31(36)28-21(3)33-32-34(29(28)23-12-7-6-8-13-23)30(35)27(40-32)18-22-15-16-26(37-4)24(17-22)19-39-25-14-10-9-11-20(25)2/h6-18,29H,5,19H2,1-4H3/t29-/m1/s1. The summed E-state index contributed by atoms with van der Waals surface area (Å²) in [7, 11) is 1.62. The maximum atomic E-state index is 13.8. The minimum absolute atomic E-state index is 0.222. The number of ether oxygens (including phenoxy) is 3. The number of aromatic nitrogens is 1. The van der Waals surface area contributed by atoms with Gasteiger partial charge in [-0.15, -0.1) is 0 Å². The van der Waals surface area contributed by atoms with Crippen molar-refractivity contribution >= 4 is 23.4 Å². The summed E-state index contributed by atoms with van der Waals surface area (Å²) in [5.41, 5.74) is 4.23. The Morgan fingerprint density at radius 2 is 1.77 bits per heavy atom. The fourth-order valence-corrected chi connectivity index (χ4v) is 5.82. The van der Waals surface area contributed by atoms with Crippen molar-refractivity contribution < 1.29 is 19.0 Å². The average molecular weight is 555 g/mol. The first-order valence-electron chi connectivity index (χ1n) is 13.0. The van der Waals surface area contributed by atoms with E-state index in [2.05, 4.69) is 4.99 Å². The van der Waals surface area contributed by atoms with E-state index in [9.17, 15) is 9.59 Å². The second-order valence-electron chi connectivity index (χ2n) is 9.34. The lowest BCUT2D eigenvalue weighted by Crippen LogP contribution is -2.39. The Balaban J connectivity index is 1.57. The molecular formula is C32H30N2O5S. The normalized spacial score (nSPS) is 14.9. The van der Waals surface area contributed by atoms with E-state index in [0.717, 1.165) is 28.0 Å². The minimum atomic E-state index is -0.632. The van der Waals surface area contributed by atoms with Crippen LogP contribution in [0.5, 0.6) is 11.5 Å². The second-order valence-corrected chi connectivity index (χ2v) is 10.3. The van der Waals surface area contributed by atoms with Crippen LogP contribution >= 0.6 is 11.3 Å². The molecule has 7 nitrogen and oxygen atoms in total. The zero-order valence-electron chi connectivity index (χ0n) is 22.8. The molecule has 0 saturated carbocycles. The lowest BCUT2D eigenvalue weighted by Gasteiger charge is -2.24. The molecule has 1 aliphatic rings. The summed E-state index contributed by atoms with van der Waals surface area (Å²) in [6.45, 7) is 6.08. The second kappa shape index (κ2) is 11.8. The molecule has 1 aliphatic heterocycles. The molecule has 0 N–H and O–H groups in total. The molecule has 1 atom stereocenters. The first-order valence-corrected chi connectivity index (χ1v) is 13.8. The van der Waals surface area contributed by atoms with Gasteiger partial charge < -0.3 is 14.2 Å². The zero-order valence-corrected chi connectivity index (χ0v) is 23.7. The minimum Gasteiger partial charge on any atom is -0.496 e. The Morgan fingerprint density at radius 1 is 1.02 bits per heavy atom. The summed E-state index contributed by atoms with van der Waals surface area (Å²) in [6, 6.07) is 22.4. The van der Waals surface area contributed by atoms with Gasteiger partial charge in [-0.25, -0.2) is 9.79 Å². The molecule has 0 bridgehead atoms. The molecule has 0 radical (unpaired) electrons. The molecule has 8 heteroatoms. The van der Waals surface area contributed by atoms with Crippen molar-refractivity contribution in [2.24, 2.45) is 4.99 Å². The Bertz CT molecular complexity index is 1770. The summed E-state index contributed by atoms with van der Waals surface area (Å²) in [4.78, 5) is 32.0. The van der Waals surface area contributed by atoms with Crippen molar-refractivity contribution in [2.75, 3.05) is 13.7 Å². The third-order valence-electron chi connectivity index (χ3n) is 6.71. The van der Waals surface area contributed by atoms with E-state index < -0.39 is 12.0 Å². The summed E-state index contributed by atoms with van der Waals surface area (Å²) in [6.07, 6.45) is 1.84. The van der Waals surface area contributed by atoms with Crippen LogP contribution in [0.1, 0.15) is 42.1 Å². The highest BCUT2D eigenvalue weighted by atomic mass is 32.1. The number of thiazole rings is 1. The molecule has 5 rings (SSSR count). The summed E-state index contributed by atoms with van der Waals surface area (Å²) in [5, 5.41) is 0. The molecule has 40 heavy (non-hydrogen) atoms. The Labute approximate surface area is 236 Å². The van der Waals surface area contributed by atoms with Gasteiger partial charge in [-0.05, 0) is 61.7 Å². The summed E-state index contributed by atoms with van der Waals surface area (Å²) >= 11 is 1.29. The van der Waals surface area contributed by atoms with Crippen molar-refractivity contribution in [1.82, 2.24) is 4.57 Å². The van der Waals surface area contributed by atoms with Crippen molar-refractivity contribution in [3.63, 3.8) is 0 Å². The van der Waals surface area contributed by atoms with Crippen LogP contribution in [0.25, 0.3) is 6.08 Å². The predicted molar refractivity (Wildman–Crippen MR) is 155 cm³/mol. The van der Waals surface area contributed by atoms with Crippen LogP contribution in [-0.2, 0) is 16.1 Å². The SMILES string of the molecule is CCOC(=O)C1=C(C)N=c2sc(=Cc3ccc(OC)c(COc4ccccc4C)c3)c(=O)n2[C@@H]1c1ccccc1. The Morgan fingerprint density at radius 3 is 2.50 bits per heavy atom. The van der Waals surface area contributed by atoms with Crippen LogP contribution in [0.3, 0.4) is 0 Å². The van der Waals surface area contributed by atoms with E-state index in [1.807, 2.05) is 85.8 Å². The van der Waals surface area contributed by atoms with Crippen LogP contribution in [0.15, 0.2) is 93.9 Å². The fraction of sp³-hybridized carbons (Fsp3) is 0.219. The number of hydrogen-bond acceptors (Lipinski definition) is 7. The molecule has 3 aromatic carbocycles. The highest BCUT2D eigenvalue weighted by Gasteiger charge is 2.33. The van der Waals surface area contributed by atoms with Gasteiger partial charge in [0, 0.05) is 5.56 Å². The van der Waals surface area contributed by atoms with Gasteiger partial charge in [0.15, 0.2) is 4.80 Å². The van der Waals surface area contributed by atoms with Gasteiger partial charge in [-0.2, -0.15) is 0 Å². The largest absolute Gasteiger partial charge is 0.496 e. The van der Waals surface area contributed by atoms with Crippen LogP contribution < -0.4 is 24.4 Å².